The van der Waals surface area contributed by atoms with E-state index in [9.17, 15) is 21.6 Å². The van der Waals surface area contributed by atoms with Crippen molar-refractivity contribution in [1.82, 2.24) is 9.29 Å². The van der Waals surface area contributed by atoms with E-state index in [1.807, 2.05) is 18.2 Å². The molecule has 8 nitrogen and oxygen atoms in total. The number of aromatic nitrogens is 1. The van der Waals surface area contributed by atoms with Gasteiger partial charge in [-0.1, -0.05) is 6.07 Å². The Hall–Kier alpha value is -1.92. The minimum absolute atomic E-state index is 0.146. The molecule has 0 radical (unpaired) electrons. The summed E-state index contributed by atoms with van der Waals surface area (Å²) >= 11 is 0. The van der Waals surface area contributed by atoms with Gasteiger partial charge in [0.25, 0.3) is 0 Å². The van der Waals surface area contributed by atoms with Gasteiger partial charge in [0, 0.05) is 32.4 Å². The van der Waals surface area contributed by atoms with Crippen LogP contribution in [0.5, 0.6) is 0 Å². The van der Waals surface area contributed by atoms with Crippen LogP contribution < -0.4 is 4.90 Å². The van der Waals surface area contributed by atoms with E-state index in [0.29, 0.717) is 26.2 Å². The number of alkyl halides is 3. The quantitative estimate of drug-likeness (QED) is 0.766. The van der Waals surface area contributed by atoms with Crippen LogP contribution in [0.1, 0.15) is 19.8 Å². The summed E-state index contributed by atoms with van der Waals surface area (Å²) in [5, 5.41) is 7.12. The van der Waals surface area contributed by atoms with Gasteiger partial charge in [-0.25, -0.2) is 18.2 Å². The summed E-state index contributed by atoms with van der Waals surface area (Å²) < 4.78 is 63.7. The fourth-order valence-electron chi connectivity index (χ4n) is 3.31. The van der Waals surface area contributed by atoms with Crippen LogP contribution in [0.2, 0.25) is 0 Å². The highest BCUT2D eigenvalue weighted by Gasteiger charge is 2.43. The second-order valence-electron chi connectivity index (χ2n) is 6.78. The van der Waals surface area contributed by atoms with Crippen molar-refractivity contribution in [2.45, 2.75) is 31.5 Å². The van der Waals surface area contributed by atoms with E-state index >= 15 is 0 Å². The number of hydrogen-bond acceptors (Lipinski definition) is 6. The fourth-order valence-corrected chi connectivity index (χ4v) is 4.46. The van der Waals surface area contributed by atoms with Crippen LogP contribution in [0.4, 0.5) is 19.0 Å². The van der Waals surface area contributed by atoms with E-state index in [0.717, 1.165) is 25.2 Å². The minimum Gasteiger partial charge on any atom is -0.475 e. The number of carboxylic acids is 1. The van der Waals surface area contributed by atoms with Crippen LogP contribution in [-0.2, 0) is 19.6 Å². The van der Waals surface area contributed by atoms with Crippen molar-refractivity contribution >= 4 is 21.8 Å². The number of piperidine rings is 1. The zero-order valence-corrected chi connectivity index (χ0v) is 16.7. The van der Waals surface area contributed by atoms with Crippen molar-refractivity contribution in [2.24, 2.45) is 0 Å². The Kier molecular flexibility index (Phi) is 7.46. The summed E-state index contributed by atoms with van der Waals surface area (Å²) in [6.45, 7) is 4.70. The topological polar surface area (TPSA) is 100 Å². The van der Waals surface area contributed by atoms with E-state index in [2.05, 4.69) is 9.88 Å². The van der Waals surface area contributed by atoms with Crippen LogP contribution in [0.15, 0.2) is 24.4 Å². The van der Waals surface area contributed by atoms with Gasteiger partial charge in [-0.2, -0.15) is 17.5 Å². The number of pyridine rings is 1. The van der Waals surface area contributed by atoms with Crippen LogP contribution >= 0.6 is 0 Å². The molecule has 1 aromatic heterocycles. The van der Waals surface area contributed by atoms with E-state index in [-0.39, 0.29) is 5.75 Å². The lowest BCUT2D eigenvalue weighted by atomic mass is 9.91. The van der Waals surface area contributed by atoms with Crippen molar-refractivity contribution in [2.75, 3.05) is 43.4 Å². The zero-order valence-electron chi connectivity index (χ0n) is 15.9. The molecule has 2 saturated heterocycles. The van der Waals surface area contributed by atoms with E-state index < -0.39 is 27.8 Å². The lowest BCUT2D eigenvalue weighted by Gasteiger charge is -2.47. The van der Waals surface area contributed by atoms with Gasteiger partial charge in [0.05, 0.1) is 18.0 Å². The first kappa shape index (κ1) is 23.4. The van der Waals surface area contributed by atoms with Gasteiger partial charge in [-0.3, -0.25) is 0 Å². The van der Waals surface area contributed by atoms with Crippen molar-refractivity contribution < 1.29 is 36.2 Å². The van der Waals surface area contributed by atoms with Gasteiger partial charge in [-0.15, -0.1) is 0 Å². The van der Waals surface area contributed by atoms with E-state index in [4.69, 9.17) is 14.6 Å². The molecule has 1 spiro atoms. The molecule has 3 rings (SSSR count). The number of morpholine rings is 1. The highest BCUT2D eigenvalue weighted by atomic mass is 32.2. The molecule has 1 atom stereocenters. The van der Waals surface area contributed by atoms with Crippen LogP contribution in [-0.4, -0.2) is 79.1 Å². The predicted molar refractivity (Wildman–Crippen MR) is 99.1 cm³/mol. The lowest BCUT2D eigenvalue weighted by molar-refractivity contribution is -0.192. The highest BCUT2D eigenvalue weighted by molar-refractivity contribution is 7.89. The van der Waals surface area contributed by atoms with Gasteiger partial charge in [0.2, 0.25) is 10.0 Å². The summed E-state index contributed by atoms with van der Waals surface area (Å²) in [4.78, 5) is 15.5. The summed E-state index contributed by atoms with van der Waals surface area (Å²) in [6, 6.07) is 5.86. The molecular weight excluding hydrogens is 415 g/mol. The summed E-state index contributed by atoms with van der Waals surface area (Å²) in [7, 11) is -3.16. The molecule has 2 aliphatic heterocycles. The number of anilines is 1. The highest BCUT2D eigenvalue weighted by Crippen LogP contribution is 2.31. The molecule has 0 aliphatic carbocycles. The van der Waals surface area contributed by atoms with E-state index in [1.54, 1.807) is 17.4 Å². The number of hydrogen-bond donors (Lipinski definition) is 1. The lowest BCUT2D eigenvalue weighted by Crippen LogP contribution is -2.61. The Morgan fingerprint density at radius 3 is 2.55 bits per heavy atom. The molecule has 2 fully saturated rings. The number of ether oxygens (including phenoxy) is 1. The average molecular weight is 439 g/mol. The number of nitrogens with zero attached hydrogens (tertiary/aromatic N) is 3. The molecule has 2 aliphatic rings. The summed E-state index contributed by atoms with van der Waals surface area (Å²) in [6.07, 6.45) is -1.42. The van der Waals surface area contributed by atoms with E-state index in [1.165, 1.54) is 0 Å². The maximum Gasteiger partial charge on any atom is 0.490 e. The minimum atomic E-state index is -5.08. The molecule has 29 heavy (non-hydrogen) atoms. The molecule has 3 heterocycles. The SMILES string of the molecule is CCS(=O)(=O)N1CCOC2(CCCN(c3ccccn3)C2)C1.O=C(O)C(F)(F)F. The Labute approximate surface area is 167 Å². The number of rotatable bonds is 3. The summed E-state index contributed by atoms with van der Waals surface area (Å²) in [5.74, 6) is -1.68. The number of sulfonamides is 1. The molecule has 0 saturated carbocycles. The fraction of sp³-hybridized carbons (Fsp3) is 0.647. The molecule has 0 aromatic carbocycles. The third-order valence-corrected chi connectivity index (χ3v) is 6.55. The first-order chi connectivity index (χ1) is 13.5. The van der Waals surface area contributed by atoms with Crippen molar-refractivity contribution in [1.29, 1.82) is 0 Å². The van der Waals surface area contributed by atoms with Crippen LogP contribution in [0, 0.1) is 0 Å². The molecule has 1 N–H and O–H groups in total. The molecule has 12 heteroatoms. The van der Waals surface area contributed by atoms with Crippen LogP contribution in [0.25, 0.3) is 0 Å². The van der Waals surface area contributed by atoms with Crippen molar-refractivity contribution in [3.05, 3.63) is 24.4 Å². The number of aliphatic carboxylic acids is 1. The first-order valence-electron chi connectivity index (χ1n) is 9.07. The third-order valence-electron chi connectivity index (χ3n) is 4.73. The van der Waals surface area contributed by atoms with Crippen molar-refractivity contribution in [3.63, 3.8) is 0 Å². The first-order valence-corrected chi connectivity index (χ1v) is 10.7. The third kappa shape index (κ3) is 6.28. The molecule has 0 bridgehead atoms. The van der Waals surface area contributed by atoms with Gasteiger partial charge >= 0.3 is 12.1 Å². The second kappa shape index (κ2) is 9.26. The Balaban J connectivity index is 0.000000370. The Bertz CT molecular complexity index is 787. The molecule has 0 amide bonds. The maximum atomic E-state index is 12.2. The molecule has 1 aromatic rings. The Morgan fingerprint density at radius 1 is 1.31 bits per heavy atom. The predicted octanol–water partition coefficient (Wildman–Crippen LogP) is 1.74. The van der Waals surface area contributed by atoms with Gasteiger partial charge in [0.1, 0.15) is 5.82 Å². The smallest absolute Gasteiger partial charge is 0.475 e. The second-order valence-corrected chi connectivity index (χ2v) is 9.04. The number of carbonyl (C=O) groups is 1. The van der Waals surface area contributed by atoms with Crippen LogP contribution in [0.3, 0.4) is 0 Å². The standard InChI is InChI=1S/C15H23N3O3S.C2HF3O2/c1-2-22(19,20)18-10-11-21-15(13-18)7-5-9-17(12-15)14-6-3-4-8-16-14;3-2(4,5)1(6)7/h3-4,6,8H,2,5,7,9-13H2,1H3;(H,6,7). The molecular formula is C17H24F3N3O5S. The molecule has 1 unspecified atom stereocenters. The van der Waals surface area contributed by atoms with Crippen molar-refractivity contribution in [3.8, 4) is 0 Å². The van der Waals surface area contributed by atoms with Gasteiger partial charge < -0.3 is 14.7 Å². The maximum absolute atomic E-state index is 12.2. The number of halogens is 3. The normalized spacial score (nSPS) is 23.4. The monoisotopic (exact) mass is 439 g/mol. The molecule has 164 valence electrons. The zero-order chi connectivity index (χ0) is 21.7. The van der Waals surface area contributed by atoms with Gasteiger partial charge in [0.15, 0.2) is 0 Å². The Morgan fingerprint density at radius 2 is 2.00 bits per heavy atom. The van der Waals surface area contributed by atoms with Gasteiger partial charge in [-0.05, 0) is 31.9 Å². The average Bonchev–Trinajstić information content (AvgIpc) is 2.68. The largest absolute Gasteiger partial charge is 0.490 e. The number of carboxylic acid groups (broad SMARTS) is 1. The summed E-state index contributed by atoms with van der Waals surface area (Å²) in [5.41, 5.74) is -0.406.